The number of carbonyl (C=O) groups excluding carboxylic acids is 3. The highest BCUT2D eigenvalue weighted by atomic mass is 16.6. The van der Waals surface area contributed by atoms with Gasteiger partial charge in [0.15, 0.2) is 0 Å². The minimum atomic E-state index is -0.905. The van der Waals surface area contributed by atoms with Gasteiger partial charge in [0.2, 0.25) is 5.91 Å². The Morgan fingerprint density at radius 1 is 1.35 bits per heavy atom. The molecule has 2 N–H and O–H groups in total. The molecule has 0 aromatic heterocycles. The lowest BCUT2D eigenvalue weighted by Crippen LogP contribution is -2.53. The van der Waals surface area contributed by atoms with Crippen molar-refractivity contribution in [2.24, 2.45) is 29.4 Å². The first-order chi connectivity index (χ1) is 12.0. The van der Waals surface area contributed by atoms with E-state index < -0.39 is 18.2 Å². The monoisotopic (exact) mass is 364 g/mol. The summed E-state index contributed by atoms with van der Waals surface area (Å²) in [7, 11) is 0. The molecule has 1 saturated heterocycles. The van der Waals surface area contributed by atoms with E-state index in [1.54, 1.807) is 6.92 Å². The Morgan fingerprint density at radius 2 is 2.00 bits per heavy atom. The molecule has 6 unspecified atom stereocenters. The van der Waals surface area contributed by atoms with Gasteiger partial charge in [0.25, 0.3) is 0 Å². The quantitative estimate of drug-likeness (QED) is 0.593. The van der Waals surface area contributed by atoms with Gasteiger partial charge in [-0.1, -0.05) is 6.58 Å². The molecule has 0 spiro atoms. The number of hydrogen-bond donors (Lipinski definition) is 1. The zero-order valence-corrected chi connectivity index (χ0v) is 15.9. The van der Waals surface area contributed by atoms with Crippen molar-refractivity contribution in [1.82, 2.24) is 4.90 Å². The van der Waals surface area contributed by atoms with Crippen LogP contribution in [0.1, 0.15) is 40.5 Å². The molecule has 3 fully saturated rings. The molecule has 0 radical (unpaired) electrons. The number of likely N-dealkylation sites (tertiary alicyclic amines) is 1. The standard InChI is InChI=1S/C19H28N2O5/c1-9(2)17(23)26-13(8-25-18(20)24)14-10-6-11-12(7-10)16(22)21(15(11)14)19(3,4)5/h10-15H,1,6-8H2,2-5H3,(H2,20,24). The van der Waals surface area contributed by atoms with Crippen molar-refractivity contribution in [1.29, 1.82) is 0 Å². The summed E-state index contributed by atoms with van der Waals surface area (Å²) in [5, 5.41) is 0. The Hall–Kier alpha value is -2.05. The molecule has 2 aliphatic carbocycles. The smallest absolute Gasteiger partial charge is 0.404 e. The summed E-state index contributed by atoms with van der Waals surface area (Å²) in [5.74, 6) is 0.217. The summed E-state index contributed by atoms with van der Waals surface area (Å²) < 4.78 is 10.6. The van der Waals surface area contributed by atoms with Crippen LogP contribution in [-0.4, -0.2) is 47.2 Å². The van der Waals surface area contributed by atoms with Crippen LogP contribution in [0.2, 0.25) is 0 Å². The van der Waals surface area contributed by atoms with Crippen LogP contribution in [0.25, 0.3) is 0 Å². The second-order valence-electron chi connectivity index (χ2n) is 8.80. The molecule has 1 aliphatic heterocycles. The Bertz CT molecular complexity index is 653. The SMILES string of the molecule is C=C(C)C(=O)OC(COC(N)=O)C1C2CC3C(=O)N(C(C)(C)C)C1C3C2. The van der Waals surface area contributed by atoms with Gasteiger partial charge in [-0.25, -0.2) is 9.59 Å². The lowest BCUT2D eigenvalue weighted by Gasteiger charge is -2.42. The number of fused-ring (bicyclic) bond motifs is 1. The highest BCUT2D eigenvalue weighted by Gasteiger charge is 2.66. The van der Waals surface area contributed by atoms with E-state index in [0.29, 0.717) is 0 Å². The summed E-state index contributed by atoms with van der Waals surface area (Å²) in [6.07, 6.45) is 0.200. The zero-order chi connectivity index (χ0) is 19.4. The number of nitrogens with zero attached hydrogens (tertiary/aromatic N) is 1. The molecule has 144 valence electrons. The summed E-state index contributed by atoms with van der Waals surface area (Å²) in [6.45, 7) is 11.2. The van der Waals surface area contributed by atoms with Gasteiger partial charge in [0.1, 0.15) is 12.7 Å². The van der Waals surface area contributed by atoms with E-state index in [2.05, 4.69) is 6.58 Å². The van der Waals surface area contributed by atoms with Gasteiger partial charge in [0.05, 0.1) is 0 Å². The maximum absolute atomic E-state index is 12.9. The molecule has 2 amide bonds. The van der Waals surface area contributed by atoms with Crippen LogP contribution in [0.5, 0.6) is 0 Å². The second kappa shape index (κ2) is 6.28. The molecule has 0 aromatic rings. The number of hydrogen-bond acceptors (Lipinski definition) is 5. The maximum Gasteiger partial charge on any atom is 0.404 e. The van der Waals surface area contributed by atoms with Crippen LogP contribution in [0.4, 0.5) is 4.79 Å². The maximum atomic E-state index is 12.9. The Morgan fingerprint density at radius 3 is 2.54 bits per heavy atom. The number of nitrogens with two attached hydrogens (primary N) is 1. The third kappa shape index (κ3) is 2.97. The minimum absolute atomic E-state index is 0.00866. The number of esters is 1. The molecule has 6 atom stereocenters. The second-order valence-corrected chi connectivity index (χ2v) is 8.80. The topological polar surface area (TPSA) is 98.9 Å². The summed E-state index contributed by atoms with van der Waals surface area (Å²) in [5.41, 5.74) is 5.08. The van der Waals surface area contributed by atoms with Gasteiger partial charge in [-0.2, -0.15) is 0 Å². The molecule has 7 nitrogen and oxygen atoms in total. The number of ether oxygens (including phenoxy) is 2. The van der Waals surface area contributed by atoms with Crippen molar-refractivity contribution in [3.8, 4) is 0 Å². The van der Waals surface area contributed by atoms with E-state index in [9.17, 15) is 14.4 Å². The van der Waals surface area contributed by atoms with E-state index >= 15 is 0 Å². The van der Waals surface area contributed by atoms with E-state index in [0.717, 1.165) is 12.8 Å². The van der Waals surface area contributed by atoms with Crippen LogP contribution in [0.15, 0.2) is 12.2 Å². The fraction of sp³-hybridized carbons (Fsp3) is 0.737. The van der Waals surface area contributed by atoms with Gasteiger partial charge in [0, 0.05) is 29.0 Å². The average molecular weight is 364 g/mol. The largest absolute Gasteiger partial charge is 0.455 e. The molecule has 2 bridgehead atoms. The first-order valence-corrected chi connectivity index (χ1v) is 9.14. The van der Waals surface area contributed by atoms with Gasteiger partial charge >= 0.3 is 12.1 Å². The van der Waals surface area contributed by atoms with E-state index in [4.69, 9.17) is 15.2 Å². The summed E-state index contributed by atoms with van der Waals surface area (Å²) in [4.78, 5) is 38.1. The van der Waals surface area contributed by atoms with Crippen LogP contribution in [0, 0.1) is 23.7 Å². The number of primary amides is 1. The third-order valence-electron chi connectivity index (χ3n) is 6.03. The zero-order valence-electron chi connectivity index (χ0n) is 15.9. The number of amides is 2. The van der Waals surface area contributed by atoms with Gasteiger partial charge in [-0.15, -0.1) is 0 Å². The van der Waals surface area contributed by atoms with Crippen LogP contribution >= 0.6 is 0 Å². The summed E-state index contributed by atoms with van der Waals surface area (Å²) in [6, 6.07) is -0.00866. The summed E-state index contributed by atoms with van der Waals surface area (Å²) >= 11 is 0. The van der Waals surface area contributed by atoms with Crippen molar-refractivity contribution < 1.29 is 23.9 Å². The average Bonchev–Trinajstić information content (AvgIpc) is 3.12. The van der Waals surface area contributed by atoms with E-state index in [1.165, 1.54) is 0 Å². The molecule has 7 heteroatoms. The first-order valence-electron chi connectivity index (χ1n) is 9.14. The normalized spacial score (nSPS) is 33.3. The highest BCUT2D eigenvalue weighted by molar-refractivity contribution is 5.87. The fourth-order valence-electron chi connectivity index (χ4n) is 5.27. The van der Waals surface area contributed by atoms with Crippen LogP contribution < -0.4 is 5.73 Å². The van der Waals surface area contributed by atoms with Crippen molar-refractivity contribution in [2.75, 3.05) is 6.61 Å². The number of carbonyl (C=O) groups is 3. The van der Waals surface area contributed by atoms with Crippen molar-refractivity contribution in [3.63, 3.8) is 0 Å². The lowest BCUT2D eigenvalue weighted by molar-refractivity contribution is -0.153. The van der Waals surface area contributed by atoms with Crippen LogP contribution in [-0.2, 0) is 19.1 Å². The lowest BCUT2D eigenvalue weighted by atomic mass is 9.78. The van der Waals surface area contributed by atoms with Gasteiger partial charge in [-0.3, -0.25) is 4.79 Å². The van der Waals surface area contributed by atoms with Crippen molar-refractivity contribution >= 4 is 18.0 Å². The van der Waals surface area contributed by atoms with Crippen molar-refractivity contribution in [2.45, 2.75) is 58.2 Å². The number of rotatable bonds is 5. The van der Waals surface area contributed by atoms with Crippen molar-refractivity contribution in [3.05, 3.63) is 12.2 Å². The van der Waals surface area contributed by atoms with E-state index in [1.807, 2.05) is 25.7 Å². The molecular formula is C19H28N2O5. The molecule has 1 heterocycles. The molecule has 26 heavy (non-hydrogen) atoms. The predicted octanol–water partition coefficient (Wildman–Crippen LogP) is 1.85. The molecule has 2 saturated carbocycles. The fourth-order valence-corrected chi connectivity index (χ4v) is 5.27. The molecular weight excluding hydrogens is 336 g/mol. The minimum Gasteiger partial charge on any atom is -0.455 e. The molecule has 3 rings (SSSR count). The van der Waals surface area contributed by atoms with Crippen LogP contribution in [0.3, 0.4) is 0 Å². The Kier molecular flexibility index (Phi) is 4.53. The Balaban J connectivity index is 1.90. The predicted molar refractivity (Wildman–Crippen MR) is 93.8 cm³/mol. The highest BCUT2D eigenvalue weighted by Crippen LogP contribution is 2.60. The van der Waals surface area contributed by atoms with Gasteiger partial charge in [-0.05, 0) is 52.4 Å². The molecule has 3 aliphatic rings. The Labute approximate surface area is 153 Å². The van der Waals surface area contributed by atoms with E-state index in [-0.39, 0.29) is 53.3 Å². The first kappa shape index (κ1) is 18.7. The third-order valence-corrected chi connectivity index (χ3v) is 6.03. The van der Waals surface area contributed by atoms with Gasteiger partial charge < -0.3 is 20.1 Å². The molecule has 0 aromatic carbocycles.